The molecule has 1 N–H and O–H groups in total. The molecule has 1 saturated carbocycles. The molecule has 0 aromatic heterocycles. The van der Waals surface area contributed by atoms with Crippen molar-refractivity contribution in [3.63, 3.8) is 0 Å². The molecule has 0 amide bonds. The lowest BCUT2D eigenvalue weighted by Crippen LogP contribution is -2.31. The van der Waals surface area contributed by atoms with E-state index < -0.39 is 0 Å². The molecule has 0 spiro atoms. The van der Waals surface area contributed by atoms with Gasteiger partial charge < -0.3 is 10.2 Å². The standard InChI is InChI=1S/C17H26N2/c1-13(18-2)10-15-6-7-16-8-9-19(17(16)11-15)12-14-4-3-5-14/h6-7,11,13-14,18H,3-5,8-10,12H2,1-2H3. The molecule has 1 aliphatic heterocycles. The fraction of sp³-hybridized carbons (Fsp3) is 0.647. The zero-order valence-corrected chi connectivity index (χ0v) is 12.3. The van der Waals surface area contributed by atoms with Crippen molar-refractivity contribution in [3.05, 3.63) is 29.3 Å². The fourth-order valence-corrected chi connectivity index (χ4v) is 3.25. The molecule has 1 atom stereocenters. The van der Waals surface area contributed by atoms with E-state index in [1.165, 1.54) is 50.0 Å². The summed E-state index contributed by atoms with van der Waals surface area (Å²) in [7, 11) is 2.04. The summed E-state index contributed by atoms with van der Waals surface area (Å²) in [5, 5.41) is 3.33. The van der Waals surface area contributed by atoms with Crippen LogP contribution in [0, 0.1) is 5.92 Å². The summed E-state index contributed by atoms with van der Waals surface area (Å²) in [6, 6.07) is 7.67. The molecule has 0 radical (unpaired) electrons. The molecule has 19 heavy (non-hydrogen) atoms. The molecule has 1 aromatic rings. The molecule has 0 bridgehead atoms. The molecule has 2 heteroatoms. The number of anilines is 1. The van der Waals surface area contributed by atoms with Crippen molar-refractivity contribution in [1.29, 1.82) is 0 Å². The molecule has 1 heterocycles. The third-order valence-electron chi connectivity index (χ3n) is 4.88. The van der Waals surface area contributed by atoms with Gasteiger partial charge >= 0.3 is 0 Å². The van der Waals surface area contributed by atoms with Crippen LogP contribution in [0.15, 0.2) is 18.2 Å². The minimum Gasteiger partial charge on any atom is -0.371 e. The van der Waals surface area contributed by atoms with E-state index in [1.807, 2.05) is 7.05 Å². The predicted molar refractivity (Wildman–Crippen MR) is 81.9 cm³/mol. The molecule has 1 fully saturated rings. The Morgan fingerprint density at radius 3 is 2.89 bits per heavy atom. The van der Waals surface area contributed by atoms with Gasteiger partial charge in [-0.15, -0.1) is 0 Å². The van der Waals surface area contributed by atoms with E-state index in [0.717, 1.165) is 12.3 Å². The van der Waals surface area contributed by atoms with E-state index >= 15 is 0 Å². The molecule has 104 valence electrons. The Balaban J connectivity index is 1.72. The van der Waals surface area contributed by atoms with E-state index in [9.17, 15) is 0 Å². The molecule has 1 aliphatic carbocycles. The van der Waals surface area contributed by atoms with Crippen molar-refractivity contribution in [1.82, 2.24) is 5.32 Å². The van der Waals surface area contributed by atoms with E-state index in [-0.39, 0.29) is 0 Å². The second-order valence-corrected chi connectivity index (χ2v) is 6.35. The van der Waals surface area contributed by atoms with Crippen LogP contribution >= 0.6 is 0 Å². The summed E-state index contributed by atoms with van der Waals surface area (Å²) in [6.07, 6.45) is 6.71. The van der Waals surface area contributed by atoms with Crippen LogP contribution in [0.1, 0.15) is 37.3 Å². The maximum Gasteiger partial charge on any atom is 0.0402 e. The van der Waals surface area contributed by atoms with Crippen molar-refractivity contribution < 1.29 is 0 Å². The Labute approximate surface area is 117 Å². The Hall–Kier alpha value is -1.02. The first-order chi connectivity index (χ1) is 9.26. The lowest BCUT2D eigenvalue weighted by Gasteiger charge is -2.31. The number of nitrogens with zero attached hydrogens (tertiary/aromatic N) is 1. The van der Waals surface area contributed by atoms with Crippen molar-refractivity contribution >= 4 is 5.69 Å². The number of hydrogen-bond acceptors (Lipinski definition) is 2. The first-order valence-electron chi connectivity index (χ1n) is 7.80. The molecule has 1 aromatic carbocycles. The Bertz CT molecular complexity index is 437. The second-order valence-electron chi connectivity index (χ2n) is 6.35. The number of benzene rings is 1. The van der Waals surface area contributed by atoms with Crippen LogP contribution < -0.4 is 10.2 Å². The summed E-state index contributed by atoms with van der Waals surface area (Å²) >= 11 is 0. The molecule has 1 unspecified atom stereocenters. The van der Waals surface area contributed by atoms with Gasteiger partial charge in [-0.2, -0.15) is 0 Å². The highest BCUT2D eigenvalue weighted by Crippen LogP contribution is 2.34. The van der Waals surface area contributed by atoms with Crippen LogP contribution in [0.3, 0.4) is 0 Å². The van der Waals surface area contributed by atoms with E-state index in [2.05, 4.69) is 35.3 Å². The van der Waals surface area contributed by atoms with Crippen LogP contribution in [0.25, 0.3) is 0 Å². The van der Waals surface area contributed by atoms with Gasteiger partial charge in [0, 0.05) is 24.8 Å². The van der Waals surface area contributed by atoms with Crippen LogP contribution in [-0.2, 0) is 12.8 Å². The van der Waals surface area contributed by atoms with Crippen molar-refractivity contribution in [2.45, 2.75) is 45.1 Å². The van der Waals surface area contributed by atoms with Gasteiger partial charge in [0.2, 0.25) is 0 Å². The average Bonchev–Trinajstić information content (AvgIpc) is 2.76. The van der Waals surface area contributed by atoms with Gasteiger partial charge in [-0.25, -0.2) is 0 Å². The highest BCUT2D eigenvalue weighted by atomic mass is 15.1. The van der Waals surface area contributed by atoms with Crippen LogP contribution in [0.5, 0.6) is 0 Å². The Kier molecular flexibility index (Phi) is 3.79. The fourth-order valence-electron chi connectivity index (χ4n) is 3.25. The van der Waals surface area contributed by atoms with Crippen molar-refractivity contribution in [2.75, 3.05) is 25.0 Å². The molecule has 2 aliphatic rings. The lowest BCUT2D eigenvalue weighted by molar-refractivity contribution is 0.319. The van der Waals surface area contributed by atoms with Gasteiger partial charge in [-0.1, -0.05) is 18.6 Å². The quantitative estimate of drug-likeness (QED) is 0.873. The van der Waals surface area contributed by atoms with Gasteiger partial charge in [0.25, 0.3) is 0 Å². The normalized spacial score (nSPS) is 20.2. The predicted octanol–water partition coefficient (Wildman–Crippen LogP) is 3.00. The molecule has 3 rings (SSSR count). The lowest BCUT2D eigenvalue weighted by atomic mass is 9.85. The smallest absolute Gasteiger partial charge is 0.0402 e. The van der Waals surface area contributed by atoms with Crippen molar-refractivity contribution in [2.24, 2.45) is 5.92 Å². The number of likely N-dealkylation sites (N-methyl/N-ethyl adjacent to an activating group) is 1. The Morgan fingerprint density at radius 1 is 1.37 bits per heavy atom. The van der Waals surface area contributed by atoms with Gasteiger partial charge in [0.1, 0.15) is 0 Å². The summed E-state index contributed by atoms with van der Waals surface area (Å²) in [4.78, 5) is 2.63. The van der Waals surface area contributed by atoms with Crippen molar-refractivity contribution in [3.8, 4) is 0 Å². The summed E-state index contributed by atoms with van der Waals surface area (Å²) in [6.45, 7) is 4.77. The Morgan fingerprint density at radius 2 is 2.21 bits per heavy atom. The van der Waals surface area contributed by atoms with Gasteiger partial charge in [0.05, 0.1) is 0 Å². The molecular formula is C17H26N2. The van der Waals surface area contributed by atoms with Gasteiger partial charge in [0.15, 0.2) is 0 Å². The summed E-state index contributed by atoms with van der Waals surface area (Å²) in [5.74, 6) is 0.964. The SMILES string of the molecule is CNC(C)Cc1ccc2c(c1)N(CC1CCC1)CC2. The molecular weight excluding hydrogens is 232 g/mol. The molecule has 2 nitrogen and oxygen atoms in total. The molecule has 0 saturated heterocycles. The first-order valence-corrected chi connectivity index (χ1v) is 7.80. The largest absolute Gasteiger partial charge is 0.371 e. The maximum atomic E-state index is 3.33. The monoisotopic (exact) mass is 258 g/mol. The summed E-state index contributed by atoms with van der Waals surface area (Å²) < 4.78 is 0. The van der Waals surface area contributed by atoms with Gasteiger partial charge in [-0.05, 0) is 62.8 Å². The number of rotatable bonds is 5. The zero-order valence-electron chi connectivity index (χ0n) is 12.3. The first kappa shape index (κ1) is 13.0. The minimum absolute atomic E-state index is 0.555. The average molecular weight is 258 g/mol. The number of fused-ring (bicyclic) bond motifs is 1. The van der Waals surface area contributed by atoms with Crippen LogP contribution in [0.2, 0.25) is 0 Å². The third kappa shape index (κ3) is 2.79. The highest BCUT2D eigenvalue weighted by Gasteiger charge is 2.25. The van der Waals surface area contributed by atoms with E-state index in [0.29, 0.717) is 6.04 Å². The third-order valence-corrected chi connectivity index (χ3v) is 4.88. The highest BCUT2D eigenvalue weighted by molar-refractivity contribution is 5.59. The van der Waals surface area contributed by atoms with Crippen LogP contribution in [0.4, 0.5) is 5.69 Å². The number of hydrogen-bond donors (Lipinski definition) is 1. The van der Waals surface area contributed by atoms with Crippen LogP contribution in [-0.4, -0.2) is 26.2 Å². The topological polar surface area (TPSA) is 15.3 Å². The van der Waals surface area contributed by atoms with Gasteiger partial charge in [-0.3, -0.25) is 0 Å². The second kappa shape index (κ2) is 5.54. The van der Waals surface area contributed by atoms with E-state index in [1.54, 1.807) is 5.56 Å². The van der Waals surface area contributed by atoms with E-state index in [4.69, 9.17) is 0 Å². The number of nitrogens with one attached hydrogen (secondary N) is 1. The zero-order chi connectivity index (χ0) is 13.2. The maximum absolute atomic E-state index is 3.33. The summed E-state index contributed by atoms with van der Waals surface area (Å²) in [5.41, 5.74) is 4.55. The minimum atomic E-state index is 0.555.